The molecule has 3 aromatic rings. The lowest BCUT2D eigenvalue weighted by Crippen LogP contribution is -2.14. The van der Waals surface area contributed by atoms with Crippen molar-refractivity contribution < 1.29 is 22.6 Å². The molecule has 0 saturated heterocycles. The Balaban J connectivity index is 1.76. The fourth-order valence-corrected chi connectivity index (χ4v) is 3.07. The van der Waals surface area contributed by atoms with Crippen LogP contribution in [0.15, 0.2) is 75.5 Å². The third kappa shape index (κ3) is 5.21. The number of rotatable bonds is 6. The van der Waals surface area contributed by atoms with E-state index in [0.29, 0.717) is 11.3 Å². The first-order valence-corrected chi connectivity index (χ1v) is 10.1. The number of nitrogens with two attached hydrogens (primary N) is 1. The number of furan rings is 1. The van der Waals surface area contributed by atoms with E-state index in [2.05, 4.69) is 5.32 Å². The normalized spacial score (nSPS) is 11.5. The molecule has 3 rings (SSSR count). The Morgan fingerprint density at radius 3 is 2.29 bits per heavy atom. The van der Waals surface area contributed by atoms with Crippen LogP contribution in [0.2, 0.25) is 0 Å². The van der Waals surface area contributed by atoms with Crippen LogP contribution in [0.25, 0.3) is 17.4 Å². The molecule has 31 heavy (non-hydrogen) atoms. The molecule has 1 aromatic heterocycles. The maximum absolute atomic E-state index is 12.4. The number of primary sulfonamides is 1. The highest BCUT2D eigenvalue weighted by molar-refractivity contribution is 7.89. The Labute approximate surface area is 176 Å². The average Bonchev–Trinajstić information content (AvgIpc) is 3.20. The van der Waals surface area contributed by atoms with Gasteiger partial charge in [-0.2, -0.15) is 5.26 Å². The molecule has 0 bridgehead atoms. The van der Waals surface area contributed by atoms with Gasteiger partial charge in [-0.25, -0.2) is 13.6 Å². The first-order valence-electron chi connectivity index (χ1n) is 8.58. The van der Waals surface area contributed by atoms with E-state index < -0.39 is 20.9 Å². The molecule has 11 heteroatoms. The summed E-state index contributed by atoms with van der Waals surface area (Å²) in [5.41, 5.74) is 0.545. The van der Waals surface area contributed by atoms with Gasteiger partial charge in [-0.15, -0.1) is 0 Å². The van der Waals surface area contributed by atoms with Crippen LogP contribution in [-0.2, 0) is 14.8 Å². The predicted octanol–water partition coefficient (Wildman–Crippen LogP) is 3.05. The maximum atomic E-state index is 12.4. The number of benzene rings is 2. The number of nitro benzene ring substituents is 1. The van der Waals surface area contributed by atoms with Crippen molar-refractivity contribution in [1.82, 2.24) is 0 Å². The Kier molecular flexibility index (Phi) is 5.96. The van der Waals surface area contributed by atoms with E-state index in [1.165, 1.54) is 54.6 Å². The van der Waals surface area contributed by atoms with Crippen LogP contribution in [0.1, 0.15) is 5.76 Å². The average molecular weight is 438 g/mol. The van der Waals surface area contributed by atoms with E-state index in [1.807, 2.05) is 0 Å². The molecule has 0 aliphatic carbocycles. The SMILES string of the molecule is N#CC(=Cc1ccc(-c2ccc([N+](=O)[O-])cc2)o1)C(=O)Nc1ccc(S(N)(=O)=O)cc1. The fourth-order valence-electron chi connectivity index (χ4n) is 2.55. The summed E-state index contributed by atoms with van der Waals surface area (Å²) in [4.78, 5) is 22.5. The minimum atomic E-state index is -3.86. The monoisotopic (exact) mass is 438 g/mol. The van der Waals surface area contributed by atoms with Crippen molar-refractivity contribution in [1.29, 1.82) is 5.26 Å². The molecule has 1 amide bonds. The molecule has 10 nitrogen and oxygen atoms in total. The van der Waals surface area contributed by atoms with Crippen LogP contribution in [0, 0.1) is 21.4 Å². The molecule has 0 aliphatic rings. The number of sulfonamides is 1. The van der Waals surface area contributed by atoms with Crippen molar-refractivity contribution in [3.05, 3.63) is 82.1 Å². The minimum absolute atomic E-state index is 0.0593. The van der Waals surface area contributed by atoms with Gasteiger partial charge in [0, 0.05) is 29.5 Å². The van der Waals surface area contributed by atoms with Gasteiger partial charge in [-0.1, -0.05) is 0 Å². The van der Waals surface area contributed by atoms with Gasteiger partial charge in [0.15, 0.2) is 0 Å². The van der Waals surface area contributed by atoms with Gasteiger partial charge in [0.1, 0.15) is 23.2 Å². The highest BCUT2D eigenvalue weighted by Crippen LogP contribution is 2.25. The quantitative estimate of drug-likeness (QED) is 0.258. The molecule has 1 heterocycles. The maximum Gasteiger partial charge on any atom is 0.269 e. The number of nitriles is 1. The largest absolute Gasteiger partial charge is 0.457 e. The molecular formula is C20H14N4O6S. The van der Waals surface area contributed by atoms with Crippen molar-refractivity contribution in [2.45, 2.75) is 4.90 Å². The summed E-state index contributed by atoms with van der Waals surface area (Å²) in [6, 6.07) is 15.8. The number of hydrogen-bond acceptors (Lipinski definition) is 7. The van der Waals surface area contributed by atoms with Gasteiger partial charge in [0.2, 0.25) is 10.0 Å². The number of amides is 1. The minimum Gasteiger partial charge on any atom is -0.457 e. The Bertz CT molecular complexity index is 1320. The summed E-state index contributed by atoms with van der Waals surface area (Å²) in [6.45, 7) is 0. The number of carbonyl (C=O) groups is 1. The van der Waals surface area contributed by atoms with Gasteiger partial charge in [-0.3, -0.25) is 14.9 Å². The number of hydrogen-bond donors (Lipinski definition) is 2. The Hall–Kier alpha value is -4.27. The topological polar surface area (TPSA) is 169 Å². The van der Waals surface area contributed by atoms with E-state index >= 15 is 0 Å². The van der Waals surface area contributed by atoms with Gasteiger partial charge in [-0.05, 0) is 48.5 Å². The Morgan fingerprint density at radius 1 is 1.10 bits per heavy atom. The second-order valence-electron chi connectivity index (χ2n) is 6.20. The molecule has 3 N–H and O–H groups in total. The first-order chi connectivity index (χ1) is 14.7. The zero-order valence-corrected chi connectivity index (χ0v) is 16.5. The first kappa shape index (κ1) is 21.4. The van der Waals surface area contributed by atoms with Gasteiger partial charge in [0.05, 0.1) is 9.82 Å². The van der Waals surface area contributed by atoms with E-state index in [-0.39, 0.29) is 27.6 Å². The molecule has 0 fully saturated rings. The molecule has 0 saturated carbocycles. The third-order valence-corrected chi connectivity index (χ3v) is 5.01. The van der Waals surface area contributed by atoms with Crippen molar-refractivity contribution >= 4 is 33.4 Å². The van der Waals surface area contributed by atoms with Crippen LogP contribution >= 0.6 is 0 Å². The molecule has 0 spiro atoms. The van der Waals surface area contributed by atoms with Gasteiger partial charge >= 0.3 is 0 Å². The number of nitrogens with one attached hydrogen (secondary N) is 1. The van der Waals surface area contributed by atoms with Crippen molar-refractivity contribution in [3.8, 4) is 17.4 Å². The van der Waals surface area contributed by atoms with E-state index in [1.54, 1.807) is 18.2 Å². The van der Waals surface area contributed by atoms with E-state index in [4.69, 9.17) is 9.56 Å². The molecule has 156 valence electrons. The van der Waals surface area contributed by atoms with Gasteiger partial charge in [0.25, 0.3) is 11.6 Å². The number of nitro groups is 1. The van der Waals surface area contributed by atoms with Gasteiger partial charge < -0.3 is 9.73 Å². The smallest absolute Gasteiger partial charge is 0.269 e. The highest BCUT2D eigenvalue weighted by Gasteiger charge is 2.13. The van der Waals surface area contributed by atoms with E-state index in [9.17, 15) is 28.6 Å². The summed E-state index contributed by atoms with van der Waals surface area (Å²) >= 11 is 0. The molecule has 0 unspecified atom stereocenters. The predicted molar refractivity (Wildman–Crippen MR) is 111 cm³/mol. The molecule has 0 radical (unpaired) electrons. The molecule has 2 aromatic carbocycles. The number of carbonyl (C=O) groups excluding carboxylic acids is 1. The van der Waals surface area contributed by atoms with Crippen LogP contribution < -0.4 is 10.5 Å². The summed E-state index contributed by atoms with van der Waals surface area (Å²) < 4.78 is 28.1. The van der Waals surface area contributed by atoms with E-state index in [0.717, 1.165) is 0 Å². The third-order valence-electron chi connectivity index (χ3n) is 4.08. The lowest BCUT2D eigenvalue weighted by molar-refractivity contribution is -0.384. The highest BCUT2D eigenvalue weighted by atomic mass is 32.2. The zero-order valence-electron chi connectivity index (χ0n) is 15.7. The lowest BCUT2D eigenvalue weighted by Gasteiger charge is -2.05. The van der Waals surface area contributed by atoms with Crippen molar-refractivity contribution in [2.24, 2.45) is 5.14 Å². The number of non-ortho nitro benzene ring substituents is 1. The van der Waals surface area contributed by atoms with Crippen LogP contribution in [-0.4, -0.2) is 19.2 Å². The summed E-state index contributed by atoms with van der Waals surface area (Å²) in [7, 11) is -3.86. The Morgan fingerprint density at radius 2 is 1.74 bits per heavy atom. The second-order valence-corrected chi connectivity index (χ2v) is 7.76. The van der Waals surface area contributed by atoms with Crippen molar-refractivity contribution in [3.63, 3.8) is 0 Å². The second kappa shape index (κ2) is 8.62. The summed E-state index contributed by atoms with van der Waals surface area (Å²) in [6.07, 6.45) is 1.24. The molecule has 0 atom stereocenters. The lowest BCUT2D eigenvalue weighted by atomic mass is 10.1. The fraction of sp³-hybridized carbons (Fsp3) is 0. The van der Waals surface area contributed by atoms with Crippen LogP contribution in [0.3, 0.4) is 0 Å². The van der Waals surface area contributed by atoms with Crippen LogP contribution in [0.5, 0.6) is 0 Å². The standard InChI is InChI=1S/C20H14N4O6S/c21-12-14(20(25)23-15-3-8-18(9-4-15)31(22,28)29)11-17-7-10-19(30-17)13-1-5-16(6-2-13)24(26)27/h1-11H,(H,23,25)(H2,22,28,29). The molecular weight excluding hydrogens is 424 g/mol. The van der Waals surface area contributed by atoms with Crippen molar-refractivity contribution in [2.75, 3.05) is 5.32 Å². The number of anilines is 1. The summed E-state index contributed by atoms with van der Waals surface area (Å²) in [5, 5.41) is 27.5. The summed E-state index contributed by atoms with van der Waals surface area (Å²) in [5.74, 6) is -0.0961. The number of nitrogens with zero attached hydrogens (tertiary/aromatic N) is 2. The molecule has 0 aliphatic heterocycles. The van der Waals surface area contributed by atoms with Crippen LogP contribution in [0.4, 0.5) is 11.4 Å². The zero-order chi connectivity index (χ0) is 22.6.